The molecule has 4 atom stereocenters. The normalized spacial score (nSPS) is 14.7. The number of primary amides is 1. The highest BCUT2D eigenvalue weighted by Crippen LogP contribution is 2.06. The molecule has 0 rings (SSSR count). The lowest BCUT2D eigenvalue weighted by atomic mass is 10.0. The fourth-order valence-electron chi connectivity index (χ4n) is 2.78. The molecule has 0 fully saturated rings. The second kappa shape index (κ2) is 15.1. The maximum atomic E-state index is 12.7. The van der Waals surface area contributed by atoms with Crippen molar-refractivity contribution in [3.05, 3.63) is 0 Å². The van der Waals surface area contributed by atoms with Crippen molar-refractivity contribution in [2.75, 3.05) is 13.2 Å². The van der Waals surface area contributed by atoms with Crippen LogP contribution >= 0.6 is 0 Å². The molecule has 0 aromatic heterocycles. The summed E-state index contributed by atoms with van der Waals surface area (Å²) in [5.41, 5.74) is 16.1. The molecule has 0 saturated heterocycles. The van der Waals surface area contributed by atoms with Crippen LogP contribution in [0, 0.1) is 5.92 Å². The maximum Gasteiger partial charge on any atom is 0.326 e. The number of carboxylic acid groups (broad SMARTS) is 1. The Morgan fingerprint density at radius 2 is 1.41 bits per heavy atom. The standard InChI is InChI=1S/C19H36N6O7/c1-10(2)7-13(19(31)32)24-18(30)14(9-26)25-17(29)12(5-3-4-6-20)23-16(28)11(21)8-15(22)27/h10-14,26H,3-9,20-21H2,1-2H3,(H2,22,27)(H,23,28)(H,24,30)(H,25,29)(H,31,32). The van der Waals surface area contributed by atoms with E-state index in [1.54, 1.807) is 13.8 Å². The summed E-state index contributed by atoms with van der Waals surface area (Å²) in [5.74, 6) is -4.51. The average molecular weight is 461 g/mol. The smallest absolute Gasteiger partial charge is 0.326 e. The molecular formula is C19H36N6O7. The van der Waals surface area contributed by atoms with E-state index in [-0.39, 0.29) is 18.8 Å². The van der Waals surface area contributed by atoms with Crippen LogP contribution in [0.4, 0.5) is 0 Å². The number of nitrogens with one attached hydrogen (secondary N) is 3. The minimum absolute atomic E-state index is 0.0229. The number of aliphatic carboxylic acids is 1. The second-order valence-corrected chi connectivity index (χ2v) is 7.90. The molecule has 0 bridgehead atoms. The SMILES string of the molecule is CC(C)CC(NC(=O)C(CO)NC(=O)C(CCCCN)NC(=O)C(N)CC(N)=O)C(=O)O. The first-order chi connectivity index (χ1) is 14.9. The van der Waals surface area contributed by atoms with Gasteiger partial charge in [0.15, 0.2) is 0 Å². The van der Waals surface area contributed by atoms with Gasteiger partial charge in [-0.25, -0.2) is 4.79 Å². The molecule has 11 N–H and O–H groups in total. The number of carboxylic acids is 1. The molecule has 184 valence electrons. The fraction of sp³-hybridized carbons (Fsp3) is 0.737. The van der Waals surface area contributed by atoms with Gasteiger partial charge in [0.05, 0.1) is 19.1 Å². The van der Waals surface area contributed by atoms with Gasteiger partial charge in [0.2, 0.25) is 23.6 Å². The molecule has 4 amide bonds. The van der Waals surface area contributed by atoms with Gasteiger partial charge in [-0.05, 0) is 38.1 Å². The number of aliphatic hydroxyl groups excluding tert-OH is 1. The molecular weight excluding hydrogens is 424 g/mol. The highest BCUT2D eigenvalue weighted by Gasteiger charge is 2.30. The number of amides is 4. The van der Waals surface area contributed by atoms with E-state index in [0.29, 0.717) is 19.4 Å². The lowest BCUT2D eigenvalue weighted by Crippen LogP contribution is -2.58. The maximum absolute atomic E-state index is 12.7. The lowest BCUT2D eigenvalue weighted by Gasteiger charge is -2.24. The van der Waals surface area contributed by atoms with Crippen LogP contribution in [0.3, 0.4) is 0 Å². The first-order valence-electron chi connectivity index (χ1n) is 10.4. The molecule has 0 saturated carbocycles. The Morgan fingerprint density at radius 3 is 1.88 bits per heavy atom. The number of unbranched alkanes of at least 4 members (excludes halogenated alkanes) is 1. The van der Waals surface area contributed by atoms with Crippen LogP contribution in [-0.4, -0.2) is 77.1 Å². The monoisotopic (exact) mass is 460 g/mol. The molecule has 13 nitrogen and oxygen atoms in total. The zero-order valence-electron chi connectivity index (χ0n) is 18.5. The Balaban J connectivity index is 5.25. The van der Waals surface area contributed by atoms with E-state index in [1.165, 1.54) is 0 Å². The zero-order chi connectivity index (χ0) is 24.8. The van der Waals surface area contributed by atoms with Crippen LogP contribution in [0.15, 0.2) is 0 Å². The largest absolute Gasteiger partial charge is 0.480 e. The van der Waals surface area contributed by atoms with Gasteiger partial charge >= 0.3 is 5.97 Å². The molecule has 0 heterocycles. The third-order valence-corrected chi connectivity index (χ3v) is 4.48. The third kappa shape index (κ3) is 11.6. The van der Waals surface area contributed by atoms with Gasteiger partial charge in [-0.15, -0.1) is 0 Å². The van der Waals surface area contributed by atoms with E-state index in [0.717, 1.165) is 0 Å². The summed E-state index contributed by atoms with van der Waals surface area (Å²) in [6, 6.07) is -5.02. The summed E-state index contributed by atoms with van der Waals surface area (Å²) in [6.07, 6.45) is 0.917. The predicted octanol–water partition coefficient (Wildman–Crippen LogP) is -3.10. The fourth-order valence-corrected chi connectivity index (χ4v) is 2.78. The van der Waals surface area contributed by atoms with Gasteiger partial charge in [-0.1, -0.05) is 13.8 Å². The Labute approximate surface area is 186 Å². The number of hydrogen-bond acceptors (Lipinski definition) is 8. The van der Waals surface area contributed by atoms with Gasteiger partial charge < -0.3 is 43.4 Å². The number of nitrogens with two attached hydrogens (primary N) is 3. The van der Waals surface area contributed by atoms with Crippen LogP contribution in [0.25, 0.3) is 0 Å². The highest BCUT2D eigenvalue weighted by molar-refractivity contribution is 5.95. The highest BCUT2D eigenvalue weighted by atomic mass is 16.4. The third-order valence-electron chi connectivity index (χ3n) is 4.48. The summed E-state index contributed by atoms with van der Waals surface area (Å²) < 4.78 is 0. The number of rotatable bonds is 16. The van der Waals surface area contributed by atoms with Crippen molar-refractivity contribution in [2.24, 2.45) is 23.1 Å². The zero-order valence-corrected chi connectivity index (χ0v) is 18.5. The van der Waals surface area contributed by atoms with Crippen molar-refractivity contribution in [2.45, 2.75) is 70.1 Å². The average Bonchev–Trinajstić information content (AvgIpc) is 2.69. The van der Waals surface area contributed by atoms with Crippen molar-refractivity contribution in [3.8, 4) is 0 Å². The minimum atomic E-state index is -1.44. The number of carbonyl (C=O) groups is 5. The summed E-state index contributed by atoms with van der Waals surface area (Å²) in [4.78, 5) is 59.6. The Hall–Kier alpha value is -2.77. The predicted molar refractivity (Wildman–Crippen MR) is 115 cm³/mol. The van der Waals surface area contributed by atoms with Gasteiger partial charge in [-0.2, -0.15) is 0 Å². The van der Waals surface area contributed by atoms with Crippen LogP contribution in [0.1, 0.15) is 46.0 Å². The second-order valence-electron chi connectivity index (χ2n) is 7.90. The van der Waals surface area contributed by atoms with E-state index in [1.807, 2.05) is 0 Å². The van der Waals surface area contributed by atoms with Gasteiger partial charge in [0.25, 0.3) is 0 Å². The Bertz CT molecular complexity index is 658. The molecule has 0 aliphatic heterocycles. The first kappa shape index (κ1) is 29.2. The molecule has 4 unspecified atom stereocenters. The summed E-state index contributed by atoms with van der Waals surface area (Å²) in [7, 11) is 0. The van der Waals surface area contributed by atoms with Crippen molar-refractivity contribution in [3.63, 3.8) is 0 Å². The molecule has 0 spiro atoms. The molecule has 13 heteroatoms. The van der Waals surface area contributed by atoms with E-state index < -0.39 is 66.8 Å². The van der Waals surface area contributed by atoms with Gasteiger partial charge in [-0.3, -0.25) is 19.2 Å². The molecule has 0 aromatic rings. The van der Waals surface area contributed by atoms with Gasteiger partial charge in [0.1, 0.15) is 18.1 Å². The molecule has 0 aliphatic carbocycles. The molecule has 0 aromatic carbocycles. The van der Waals surface area contributed by atoms with E-state index in [9.17, 15) is 34.2 Å². The first-order valence-corrected chi connectivity index (χ1v) is 10.4. The van der Waals surface area contributed by atoms with Crippen LogP contribution in [0.2, 0.25) is 0 Å². The number of hydrogen-bond donors (Lipinski definition) is 8. The molecule has 32 heavy (non-hydrogen) atoms. The van der Waals surface area contributed by atoms with E-state index in [2.05, 4.69) is 16.0 Å². The van der Waals surface area contributed by atoms with Crippen molar-refractivity contribution in [1.82, 2.24) is 16.0 Å². The van der Waals surface area contributed by atoms with Crippen LogP contribution in [0.5, 0.6) is 0 Å². The van der Waals surface area contributed by atoms with Crippen molar-refractivity contribution >= 4 is 29.6 Å². The molecule has 0 aliphatic rings. The summed E-state index contributed by atoms with van der Waals surface area (Å²) >= 11 is 0. The Kier molecular flexibility index (Phi) is 13.8. The van der Waals surface area contributed by atoms with Crippen molar-refractivity contribution < 1.29 is 34.2 Å². The topological polar surface area (TPSA) is 240 Å². The number of aliphatic hydroxyl groups is 1. The van der Waals surface area contributed by atoms with Gasteiger partial charge in [0, 0.05) is 0 Å². The minimum Gasteiger partial charge on any atom is -0.480 e. The van der Waals surface area contributed by atoms with Crippen LogP contribution < -0.4 is 33.2 Å². The quantitative estimate of drug-likeness (QED) is 0.109. The van der Waals surface area contributed by atoms with E-state index >= 15 is 0 Å². The molecule has 0 radical (unpaired) electrons. The van der Waals surface area contributed by atoms with Crippen LogP contribution in [-0.2, 0) is 24.0 Å². The van der Waals surface area contributed by atoms with Crippen molar-refractivity contribution in [1.29, 1.82) is 0 Å². The Morgan fingerprint density at radius 1 is 0.875 bits per heavy atom. The summed E-state index contributed by atoms with van der Waals surface area (Å²) in [5, 5.41) is 25.8. The number of carbonyl (C=O) groups excluding carboxylic acids is 4. The van der Waals surface area contributed by atoms with E-state index in [4.69, 9.17) is 17.2 Å². The summed E-state index contributed by atoms with van der Waals surface area (Å²) in [6.45, 7) is 3.13. The lowest BCUT2D eigenvalue weighted by molar-refractivity contribution is -0.143.